The van der Waals surface area contributed by atoms with Crippen molar-refractivity contribution in [1.82, 2.24) is 0 Å². The molecule has 0 aromatic rings. The predicted molar refractivity (Wildman–Crippen MR) is 54.1 cm³/mol. The van der Waals surface area contributed by atoms with Crippen LogP contribution in [-0.4, -0.2) is 10.7 Å². The molecule has 0 saturated carbocycles. The van der Waals surface area contributed by atoms with Gasteiger partial charge in [0.1, 0.15) is 0 Å². The van der Waals surface area contributed by atoms with Crippen molar-refractivity contribution in [2.75, 3.05) is 0 Å². The monoisotopic (exact) mass is 170 g/mol. The van der Waals surface area contributed by atoms with Gasteiger partial charge in [-0.1, -0.05) is 26.8 Å². The standard InChI is InChI=1S/C11H22O/c1-7-9(11(5,6)12)8-10(2,3)4/h7,9,12H,1,8H2,2-6H3/t9-/m0/s1. The summed E-state index contributed by atoms with van der Waals surface area (Å²) in [6, 6.07) is 0. The van der Waals surface area contributed by atoms with Crippen LogP contribution in [0.2, 0.25) is 0 Å². The van der Waals surface area contributed by atoms with Gasteiger partial charge in [-0.05, 0) is 25.7 Å². The average molecular weight is 170 g/mol. The van der Waals surface area contributed by atoms with Crippen molar-refractivity contribution >= 4 is 0 Å². The van der Waals surface area contributed by atoms with Gasteiger partial charge in [-0.2, -0.15) is 0 Å². The molecule has 0 aromatic heterocycles. The molecule has 12 heavy (non-hydrogen) atoms. The maximum absolute atomic E-state index is 9.77. The fourth-order valence-electron chi connectivity index (χ4n) is 1.28. The number of hydrogen-bond acceptors (Lipinski definition) is 1. The molecule has 1 atom stereocenters. The van der Waals surface area contributed by atoms with Crippen molar-refractivity contribution in [2.24, 2.45) is 11.3 Å². The van der Waals surface area contributed by atoms with Gasteiger partial charge in [-0.25, -0.2) is 0 Å². The first kappa shape index (κ1) is 11.7. The summed E-state index contributed by atoms with van der Waals surface area (Å²) >= 11 is 0. The number of rotatable bonds is 3. The highest BCUT2D eigenvalue weighted by atomic mass is 16.3. The molecule has 0 unspecified atom stereocenters. The minimum atomic E-state index is -0.644. The van der Waals surface area contributed by atoms with E-state index < -0.39 is 5.60 Å². The Kier molecular flexibility index (Phi) is 3.52. The molecular weight excluding hydrogens is 148 g/mol. The molecular formula is C11H22O. The highest BCUT2D eigenvalue weighted by Crippen LogP contribution is 2.31. The minimum absolute atomic E-state index is 0.178. The van der Waals surface area contributed by atoms with Gasteiger partial charge in [0, 0.05) is 5.92 Å². The summed E-state index contributed by atoms with van der Waals surface area (Å²) in [5.41, 5.74) is -0.395. The molecule has 0 aliphatic heterocycles. The lowest BCUT2D eigenvalue weighted by Crippen LogP contribution is -2.32. The van der Waals surface area contributed by atoms with E-state index in [1.54, 1.807) is 0 Å². The van der Waals surface area contributed by atoms with E-state index in [9.17, 15) is 5.11 Å². The largest absolute Gasteiger partial charge is 0.390 e. The van der Waals surface area contributed by atoms with Gasteiger partial charge < -0.3 is 5.11 Å². The molecule has 0 saturated heterocycles. The molecule has 0 aliphatic rings. The zero-order chi connectivity index (χ0) is 9.99. The number of aliphatic hydroxyl groups is 1. The van der Waals surface area contributed by atoms with E-state index in [4.69, 9.17) is 0 Å². The molecule has 0 amide bonds. The summed E-state index contributed by atoms with van der Waals surface area (Å²) in [6.45, 7) is 14.0. The topological polar surface area (TPSA) is 20.2 Å². The third-order valence-corrected chi connectivity index (χ3v) is 2.02. The highest BCUT2D eigenvalue weighted by molar-refractivity contribution is 4.92. The van der Waals surface area contributed by atoms with Crippen molar-refractivity contribution in [1.29, 1.82) is 0 Å². The molecule has 0 fully saturated rings. The van der Waals surface area contributed by atoms with Gasteiger partial charge in [-0.15, -0.1) is 6.58 Å². The molecule has 0 aromatic carbocycles. The zero-order valence-corrected chi connectivity index (χ0v) is 9.02. The van der Waals surface area contributed by atoms with Crippen molar-refractivity contribution in [3.8, 4) is 0 Å². The van der Waals surface area contributed by atoms with Crippen LogP contribution >= 0.6 is 0 Å². The highest BCUT2D eigenvalue weighted by Gasteiger charge is 2.27. The second kappa shape index (κ2) is 3.61. The molecule has 0 aliphatic carbocycles. The van der Waals surface area contributed by atoms with Gasteiger partial charge in [0.2, 0.25) is 0 Å². The lowest BCUT2D eigenvalue weighted by molar-refractivity contribution is 0.0209. The Balaban J connectivity index is 4.30. The maximum Gasteiger partial charge on any atom is 0.0654 e. The van der Waals surface area contributed by atoms with E-state index in [0.717, 1.165) is 6.42 Å². The van der Waals surface area contributed by atoms with Crippen LogP contribution in [0, 0.1) is 11.3 Å². The molecule has 0 radical (unpaired) electrons. The SMILES string of the molecule is C=C[C@@H](CC(C)(C)C)C(C)(C)O. The first-order chi connectivity index (χ1) is 5.17. The fraction of sp³-hybridized carbons (Fsp3) is 0.818. The molecule has 0 spiro atoms. The fourth-order valence-corrected chi connectivity index (χ4v) is 1.28. The number of hydrogen-bond donors (Lipinski definition) is 1. The van der Waals surface area contributed by atoms with E-state index in [2.05, 4.69) is 27.4 Å². The van der Waals surface area contributed by atoms with Gasteiger partial charge in [-0.3, -0.25) is 0 Å². The van der Waals surface area contributed by atoms with E-state index in [1.807, 2.05) is 19.9 Å². The van der Waals surface area contributed by atoms with Crippen LogP contribution in [0.3, 0.4) is 0 Å². The van der Waals surface area contributed by atoms with Crippen molar-refractivity contribution in [3.05, 3.63) is 12.7 Å². The summed E-state index contributed by atoms with van der Waals surface area (Å²) < 4.78 is 0. The lowest BCUT2D eigenvalue weighted by atomic mass is 9.78. The quantitative estimate of drug-likeness (QED) is 0.646. The zero-order valence-electron chi connectivity index (χ0n) is 9.02. The van der Waals surface area contributed by atoms with Crippen LogP contribution in [0.15, 0.2) is 12.7 Å². The normalized spacial score (nSPS) is 15.8. The van der Waals surface area contributed by atoms with Gasteiger partial charge >= 0.3 is 0 Å². The van der Waals surface area contributed by atoms with E-state index in [1.165, 1.54) is 0 Å². The molecule has 0 bridgehead atoms. The predicted octanol–water partition coefficient (Wildman–Crippen LogP) is 3.00. The lowest BCUT2D eigenvalue weighted by Gasteiger charge is -2.32. The summed E-state index contributed by atoms with van der Waals surface area (Å²) in [4.78, 5) is 0. The molecule has 0 heterocycles. The Bertz CT molecular complexity index is 145. The Morgan fingerprint density at radius 2 is 1.67 bits per heavy atom. The summed E-state index contributed by atoms with van der Waals surface area (Å²) in [5, 5.41) is 9.77. The van der Waals surface area contributed by atoms with Gasteiger partial charge in [0.15, 0.2) is 0 Å². The third kappa shape index (κ3) is 4.55. The van der Waals surface area contributed by atoms with Crippen LogP contribution in [0.25, 0.3) is 0 Å². The summed E-state index contributed by atoms with van der Waals surface area (Å²) in [6.07, 6.45) is 2.82. The van der Waals surface area contributed by atoms with Crippen LogP contribution in [0.4, 0.5) is 0 Å². The van der Waals surface area contributed by atoms with Crippen LogP contribution in [0.1, 0.15) is 41.0 Å². The van der Waals surface area contributed by atoms with Crippen molar-refractivity contribution in [3.63, 3.8) is 0 Å². The van der Waals surface area contributed by atoms with Crippen LogP contribution in [0.5, 0.6) is 0 Å². The Morgan fingerprint density at radius 1 is 1.25 bits per heavy atom. The first-order valence-electron chi connectivity index (χ1n) is 4.52. The molecule has 0 rings (SSSR count). The maximum atomic E-state index is 9.77. The van der Waals surface area contributed by atoms with E-state index in [-0.39, 0.29) is 11.3 Å². The average Bonchev–Trinajstić information content (AvgIpc) is 1.78. The Hall–Kier alpha value is -0.300. The second-order valence-electron chi connectivity index (χ2n) is 5.26. The smallest absolute Gasteiger partial charge is 0.0654 e. The van der Waals surface area contributed by atoms with Crippen LogP contribution in [-0.2, 0) is 0 Å². The van der Waals surface area contributed by atoms with E-state index in [0.29, 0.717) is 0 Å². The van der Waals surface area contributed by atoms with Gasteiger partial charge in [0.05, 0.1) is 5.60 Å². The summed E-state index contributed by atoms with van der Waals surface area (Å²) in [5.74, 6) is 0.178. The third-order valence-electron chi connectivity index (χ3n) is 2.02. The Labute approximate surface area is 76.5 Å². The first-order valence-corrected chi connectivity index (χ1v) is 4.52. The minimum Gasteiger partial charge on any atom is -0.390 e. The van der Waals surface area contributed by atoms with Crippen molar-refractivity contribution in [2.45, 2.75) is 46.6 Å². The molecule has 1 N–H and O–H groups in total. The second-order valence-corrected chi connectivity index (χ2v) is 5.26. The summed E-state index contributed by atoms with van der Waals surface area (Å²) in [7, 11) is 0. The van der Waals surface area contributed by atoms with E-state index >= 15 is 0 Å². The van der Waals surface area contributed by atoms with Gasteiger partial charge in [0.25, 0.3) is 0 Å². The molecule has 72 valence electrons. The Morgan fingerprint density at radius 3 is 1.75 bits per heavy atom. The van der Waals surface area contributed by atoms with Crippen molar-refractivity contribution < 1.29 is 5.11 Å². The molecule has 1 heteroatoms. The van der Waals surface area contributed by atoms with Crippen LogP contribution < -0.4 is 0 Å². The molecule has 1 nitrogen and oxygen atoms in total.